The van der Waals surface area contributed by atoms with Crippen molar-refractivity contribution in [2.24, 2.45) is 5.73 Å². The molecule has 0 amide bonds. The summed E-state index contributed by atoms with van der Waals surface area (Å²) in [5.41, 5.74) is 5.69. The van der Waals surface area contributed by atoms with Crippen molar-refractivity contribution in [3.05, 3.63) is 0 Å². The molecule has 0 aromatic rings. The van der Waals surface area contributed by atoms with E-state index in [0.717, 1.165) is 0 Å². The van der Waals surface area contributed by atoms with Gasteiger partial charge >= 0.3 is 0 Å². The smallest absolute Gasteiger partial charge is 0.171 e. The van der Waals surface area contributed by atoms with Gasteiger partial charge in [0.2, 0.25) is 0 Å². The van der Waals surface area contributed by atoms with E-state index < -0.39 is 5.79 Å². The highest BCUT2D eigenvalue weighted by atomic mass is 16.7. The summed E-state index contributed by atoms with van der Waals surface area (Å²) in [5.74, 6) is -0.465. The second kappa shape index (κ2) is 3.30. The topological polar surface area (TPSA) is 53.7 Å². The van der Waals surface area contributed by atoms with E-state index in [9.17, 15) is 0 Å². The van der Waals surface area contributed by atoms with Crippen molar-refractivity contribution in [1.82, 2.24) is 0 Å². The molecule has 2 N–H and O–H groups in total. The molecule has 0 saturated heterocycles. The Morgan fingerprint density at radius 2 is 1.67 bits per heavy atom. The van der Waals surface area contributed by atoms with Crippen molar-refractivity contribution in [2.75, 3.05) is 27.9 Å². The summed E-state index contributed by atoms with van der Waals surface area (Å²) < 4.78 is 15.4. The Morgan fingerprint density at radius 1 is 1.17 bits per heavy atom. The van der Waals surface area contributed by atoms with Gasteiger partial charge in [0.15, 0.2) is 5.79 Å². The van der Waals surface area contributed by atoms with Crippen molar-refractivity contribution in [2.45, 2.75) is 24.2 Å². The Labute approximate surface area is 73.0 Å². The fourth-order valence-electron chi connectivity index (χ4n) is 1.78. The van der Waals surface area contributed by atoms with Gasteiger partial charge in [0, 0.05) is 39.7 Å². The summed E-state index contributed by atoms with van der Waals surface area (Å²) in [5, 5.41) is 0. The van der Waals surface area contributed by atoms with Crippen LogP contribution in [0, 0.1) is 0 Å². The molecule has 0 bridgehead atoms. The maximum absolute atomic E-state index is 5.96. The highest BCUT2D eigenvalue weighted by Gasteiger charge is 2.53. The Bertz CT molecular complexity index is 148. The van der Waals surface area contributed by atoms with Crippen LogP contribution in [0.15, 0.2) is 0 Å². The first-order valence-corrected chi connectivity index (χ1v) is 3.98. The first-order chi connectivity index (χ1) is 5.60. The summed E-state index contributed by atoms with van der Waals surface area (Å²) >= 11 is 0. The molecule has 1 rings (SSSR count). The minimum Gasteiger partial charge on any atom is -0.383 e. The molecule has 0 radical (unpaired) electrons. The summed E-state index contributed by atoms with van der Waals surface area (Å²) in [6.45, 7) is 0.557. The number of ether oxygens (including phenoxy) is 3. The Balaban J connectivity index is 2.42. The van der Waals surface area contributed by atoms with Crippen molar-refractivity contribution in [1.29, 1.82) is 0 Å². The van der Waals surface area contributed by atoms with Crippen molar-refractivity contribution >= 4 is 0 Å². The molecular weight excluding hydrogens is 158 g/mol. The Morgan fingerprint density at radius 3 is 2.00 bits per heavy atom. The zero-order valence-corrected chi connectivity index (χ0v) is 7.92. The predicted octanol–water partition coefficient (Wildman–Crippen LogP) is 0.113. The lowest BCUT2D eigenvalue weighted by molar-refractivity contribution is -0.280. The van der Waals surface area contributed by atoms with E-state index in [0.29, 0.717) is 19.4 Å². The van der Waals surface area contributed by atoms with Crippen LogP contribution in [0.1, 0.15) is 12.8 Å². The summed E-state index contributed by atoms with van der Waals surface area (Å²) in [4.78, 5) is 0. The fourth-order valence-corrected chi connectivity index (χ4v) is 1.78. The van der Waals surface area contributed by atoms with Crippen LogP contribution in [0.3, 0.4) is 0 Å². The van der Waals surface area contributed by atoms with Crippen LogP contribution in [-0.4, -0.2) is 39.3 Å². The van der Waals surface area contributed by atoms with E-state index in [2.05, 4.69) is 0 Å². The molecule has 0 heterocycles. The third-order valence-electron chi connectivity index (χ3n) is 2.42. The molecule has 4 nitrogen and oxygen atoms in total. The van der Waals surface area contributed by atoms with Crippen molar-refractivity contribution < 1.29 is 14.2 Å². The zero-order valence-electron chi connectivity index (χ0n) is 7.92. The monoisotopic (exact) mass is 175 g/mol. The minimum absolute atomic E-state index is 0.263. The van der Waals surface area contributed by atoms with Gasteiger partial charge in [0.25, 0.3) is 0 Å². The molecule has 0 atom stereocenters. The average molecular weight is 175 g/mol. The van der Waals surface area contributed by atoms with Crippen LogP contribution in [-0.2, 0) is 14.2 Å². The van der Waals surface area contributed by atoms with Gasteiger partial charge in [-0.25, -0.2) is 0 Å². The van der Waals surface area contributed by atoms with Gasteiger partial charge in [-0.3, -0.25) is 0 Å². The molecule has 1 saturated carbocycles. The van der Waals surface area contributed by atoms with Crippen molar-refractivity contribution in [3.8, 4) is 0 Å². The molecule has 0 unspecified atom stereocenters. The number of rotatable bonds is 4. The van der Waals surface area contributed by atoms with E-state index in [-0.39, 0.29) is 5.54 Å². The Hall–Kier alpha value is -0.160. The van der Waals surface area contributed by atoms with Crippen LogP contribution in [0.25, 0.3) is 0 Å². The van der Waals surface area contributed by atoms with E-state index in [1.54, 1.807) is 21.3 Å². The lowest BCUT2D eigenvalue weighted by Gasteiger charge is -2.51. The lowest BCUT2D eigenvalue weighted by Crippen LogP contribution is -2.65. The SMILES string of the molecule is COCC1(N)CC(OC)(OC)C1. The molecule has 4 heteroatoms. The summed E-state index contributed by atoms with van der Waals surface area (Å²) in [6, 6.07) is 0. The number of hydrogen-bond acceptors (Lipinski definition) is 4. The fraction of sp³-hybridized carbons (Fsp3) is 1.00. The van der Waals surface area contributed by atoms with Gasteiger partial charge in [-0.1, -0.05) is 0 Å². The minimum atomic E-state index is -0.465. The number of hydrogen-bond donors (Lipinski definition) is 1. The second-order valence-corrected chi connectivity index (χ2v) is 3.47. The lowest BCUT2D eigenvalue weighted by atomic mass is 9.72. The van der Waals surface area contributed by atoms with Crippen LogP contribution in [0.4, 0.5) is 0 Å². The molecule has 0 aromatic carbocycles. The molecule has 1 fully saturated rings. The predicted molar refractivity (Wildman–Crippen MR) is 44.8 cm³/mol. The van der Waals surface area contributed by atoms with E-state index in [1.807, 2.05) is 0 Å². The van der Waals surface area contributed by atoms with Gasteiger partial charge in [0.05, 0.1) is 6.61 Å². The molecule has 72 valence electrons. The molecular formula is C8H17NO3. The first kappa shape index (κ1) is 9.92. The van der Waals surface area contributed by atoms with Crippen molar-refractivity contribution in [3.63, 3.8) is 0 Å². The van der Waals surface area contributed by atoms with Gasteiger partial charge in [0.1, 0.15) is 0 Å². The maximum Gasteiger partial charge on any atom is 0.171 e. The average Bonchev–Trinajstić information content (AvgIpc) is 2.00. The van der Waals surface area contributed by atoms with Gasteiger partial charge in [-0.2, -0.15) is 0 Å². The van der Waals surface area contributed by atoms with Crippen LogP contribution >= 0.6 is 0 Å². The second-order valence-electron chi connectivity index (χ2n) is 3.47. The van der Waals surface area contributed by atoms with E-state index >= 15 is 0 Å². The molecule has 0 spiro atoms. The molecule has 1 aliphatic carbocycles. The third kappa shape index (κ3) is 1.61. The summed E-state index contributed by atoms with van der Waals surface area (Å²) in [6.07, 6.45) is 1.39. The first-order valence-electron chi connectivity index (χ1n) is 3.98. The van der Waals surface area contributed by atoms with Gasteiger partial charge < -0.3 is 19.9 Å². The third-order valence-corrected chi connectivity index (χ3v) is 2.42. The van der Waals surface area contributed by atoms with Crippen LogP contribution in [0.2, 0.25) is 0 Å². The number of methoxy groups -OCH3 is 3. The van der Waals surface area contributed by atoms with E-state index in [4.69, 9.17) is 19.9 Å². The van der Waals surface area contributed by atoms with Gasteiger partial charge in [-0.05, 0) is 0 Å². The molecule has 0 aromatic heterocycles. The zero-order chi connectivity index (χ0) is 9.24. The highest BCUT2D eigenvalue weighted by Crippen LogP contribution is 2.42. The number of nitrogens with two attached hydrogens (primary N) is 1. The van der Waals surface area contributed by atoms with Crippen LogP contribution < -0.4 is 5.73 Å². The normalized spacial score (nSPS) is 25.0. The molecule has 0 aliphatic heterocycles. The highest BCUT2D eigenvalue weighted by molar-refractivity contribution is 5.04. The largest absolute Gasteiger partial charge is 0.383 e. The standard InChI is InChI=1S/C8H17NO3/c1-10-6-7(9)4-8(5-7,11-2)12-3/h4-6,9H2,1-3H3. The molecule has 12 heavy (non-hydrogen) atoms. The van der Waals surface area contributed by atoms with E-state index in [1.165, 1.54) is 0 Å². The summed E-state index contributed by atoms with van der Waals surface area (Å²) in [7, 11) is 4.92. The Kier molecular flexibility index (Phi) is 2.73. The quantitative estimate of drug-likeness (QED) is 0.616. The maximum atomic E-state index is 5.96. The van der Waals surface area contributed by atoms with Crippen LogP contribution in [0.5, 0.6) is 0 Å². The molecule has 1 aliphatic rings. The van der Waals surface area contributed by atoms with Gasteiger partial charge in [-0.15, -0.1) is 0 Å².